The van der Waals surface area contributed by atoms with Crippen molar-refractivity contribution < 1.29 is 32.9 Å². The fraction of sp³-hybridized carbons (Fsp3) is 0.875. The Morgan fingerprint density at radius 3 is 2.12 bits per heavy atom. The number of aliphatic carboxylic acids is 1. The molecule has 0 aliphatic carbocycles. The Balaban J connectivity index is 5.10. The third-order valence-electron chi connectivity index (χ3n) is 1.98. The van der Waals surface area contributed by atoms with Gasteiger partial charge in [0.05, 0.1) is 6.42 Å². The van der Waals surface area contributed by atoms with Gasteiger partial charge in [0.2, 0.25) is 5.72 Å². The van der Waals surface area contributed by atoms with Crippen LogP contribution in [0, 0.1) is 4.91 Å². The van der Waals surface area contributed by atoms with Crippen molar-refractivity contribution in [3.63, 3.8) is 0 Å². The van der Waals surface area contributed by atoms with E-state index in [1.54, 1.807) is 0 Å². The van der Waals surface area contributed by atoms with Crippen molar-refractivity contribution in [3.05, 3.63) is 4.91 Å². The van der Waals surface area contributed by atoms with E-state index in [1.807, 2.05) is 0 Å². The van der Waals surface area contributed by atoms with Gasteiger partial charge < -0.3 is 14.9 Å². The van der Waals surface area contributed by atoms with E-state index >= 15 is 0 Å². The van der Waals surface area contributed by atoms with E-state index in [0.717, 1.165) is 13.8 Å². The van der Waals surface area contributed by atoms with Gasteiger partial charge in [-0.05, 0) is 12.1 Å². The Hall–Kier alpha value is -1.22. The second kappa shape index (κ2) is 4.96. The molecular formula is C8H12F3NO5. The van der Waals surface area contributed by atoms with Crippen molar-refractivity contribution in [1.29, 1.82) is 0 Å². The molecule has 100 valence electrons. The van der Waals surface area contributed by atoms with Crippen LogP contribution in [0.25, 0.3) is 0 Å². The molecule has 0 saturated carbocycles. The Morgan fingerprint density at radius 2 is 1.88 bits per heavy atom. The maximum Gasteiger partial charge on any atom is 0.443 e. The molecule has 0 aliphatic heterocycles. The van der Waals surface area contributed by atoms with Gasteiger partial charge in [-0.1, -0.05) is 6.92 Å². The summed E-state index contributed by atoms with van der Waals surface area (Å²) in [5, 5.41) is 19.8. The van der Waals surface area contributed by atoms with Gasteiger partial charge in [0, 0.05) is 6.42 Å². The Morgan fingerprint density at radius 1 is 1.41 bits per heavy atom. The molecule has 0 rings (SSSR count). The number of ether oxygens (including phenoxy) is 1. The van der Waals surface area contributed by atoms with Crippen molar-refractivity contribution in [1.82, 2.24) is 0 Å². The number of rotatable bonds is 6. The van der Waals surface area contributed by atoms with Crippen molar-refractivity contribution in [2.24, 2.45) is 5.18 Å². The topological polar surface area (TPSA) is 96.2 Å². The minimum atomic E-state index is -5.16. The number of aliphatic hydroxyl groups is 1. The number of halogens is 3. The maximum atomic E-state index is 12.4. The summed E-state index contributed by atoms with van der Waals surface area (Å²) in [5.74, 6) is -5.18. The van der Waals surface area contributed by atoms with Crippen LogP contribution in [0.4, 0.5) is 13.2 Å². The lowest BCUT2D eigenvalue weighted by Gasteiger charge is -2.34. The highest BCUT2D eigenvalue weighted by atomic mass is 19.4. The molecule has 0 heterocycles. The molecule has 0 aromatic carbocycles. The monoisotopic (exact) mass is 259 g/mol. The molecule has 0 aromatic heterocycles. The average Bonchev–Trinajstić information content (AvgIpc) is 2.14. The lowest BCUT2D eigenvalue weighted by atomic mass is 10.1. The lowest BCUT2D eigenvalue weighted by molar-refractivity contribution is -0.391. The van der Waals surface area contributed by atoms with Crippen LogP contribution in [0.2, 0.25) is 0 Å². The first kappa shape index (κ1) is 15.8. The van der Waals surface area contributed by atoms with E-state index in [1.165, 1.54) is 0 Å². The molecule has 17 heavy (non-hydrogen) atoms. The number of hydrogen-bond acceptors (Lipinski definition) is 5. The number of nitroso groups, excluding NO2 is 1. The Kier molecular flexibility index (Phi) is 4.61. The summed E-state index contributed by atoms with van der Waals surface area (Å²) in [5.41, 5.74) is -2.49. The zero-order valence-electron chi connectivity index (χ0n) is 9.11. The predicted octanol–water partition coefficient (Wildman–Crippen LogP) is 1.62. The standard InChI is InChI=1S/C8H12F3NO5/c1-3-7(15,8(9,10)11)17-6(2,12-16)4-5(13)14/h15H,3-4H2,1-2H3,(H,13,14). The SMILES string of the molecule is CCC(O)(OC(C)(CC(=O)O)N=O)C(F)(F)F. The molecular weight excluding hydrogens is 247 g/mol. The normalized spacial score (nSPS) is 19.2. The smallest absolute Gasteiger partial charge is 0.443 e. The molecule has 0 radical (unpaired) electrons. The van der Waals surface area contributed by atoms with Crippen LogP contribution in [0.15, 0.2) is 5.18 Å². The van der Waals surface area contributed by atoms with Crippen LogP contribution >= 0.6 is 0 Å². The third-order valence-corrected chi connectivity index (χ3v) is 1.98. The van der Waals surface area contributed by atoms with Crippen LogP contribution in [0.1, 0.15) is 26.7 Å². The first-order chi connectivity index (χ1) is 7.49. The number of alkyl halides is 3. The fourth-order valence-electron chi connectivity index (χ4n) is 1.06. The zero-order chi connectivity index (χ0) is 13.9. The molecule has 6 nitrogen and oxygen atoms in total. The lowest BCUT2D eigenvalue weighted by Crippen LogP contribution is -2.52. The summed E-state index contributed by atoms with van der Waals surface area (Å²) in [6.45, 7) is 1.72. The highest BCUT2D eigenvalue weighted by Gasteiger charge is 2.57. The van der Waals surface area contributed by atoms with Gasteiger partial charge in [-0.15, -0.1) is 4.91 Å². The van der Waals surface area contributed by atoms with Crippen LogP contribution < -0.4 is 0 Å². The quantitative estimate of drug-likeness (QED) is 0.558. The molecule has 0 aromatic rings. The number of carboxylic acid groups (broad SMARTS) is 1. The van der Waals surface area contributed by atoms with Crippen molar-refractivity contribution >= 4 is 5.97 Å². The van der Waals surface area contributed by atoms with Gasteiger partial charge in [0.15, 0.2) is 0 Å². The predicted molar refractivity (Wildman–Crippen MR) is 48.8 cm³/mol. The van der Waals surface area contributed by atoms with Gasteiger partial charge in [-0.2, -0.15) is 13.2 Å². The van der Waals surface area contributed by atoms with Crippen molar-refractivity contribution in [2.75, 3.05) is 0 Å². The molecule has 0 fully saturated rings. The molecule has 2 N–H and O–H groups in total. The highest BCUT2D eigenvalue weighted by Crippen LogP contribution is 2.38. The number of nitrogens with zero attached hydrogens (tertiary/aromatic N) is 1. The van der Waals surface area contributed by atoms with Gasteiger partial charge in [0.1, 0.15) is 0 Å². The summed E-state index contributed by atoms with van der Waals surface area (Å²) < 4.78 is 41.5. The van der Waals surface area contributed by atoms with Crippen molar-refractivity contribution in [3.8, 4) is 0 Å². The van der Waals surface area contributed by atoms with Gasteiger partial charge in [0.25, 0.3) is 5.79 Å². The minimum Gasteiger partial charge on any atom is -0.481 e. The molecule has 9 heteroatoms. The van der Waals surface area contributed by atoms with E-state index in [-0.39, 0.29) is 0 Å². The van der Waals surface area contributed by atoms with Gasteiger partial charge >= 0.3 is 12.1 Å². The highest BCUT2D eigenvalue weighted by molar-refractivity contribution is 5.68. The van der Waals surface area contributed by atoms with Crippen LogP contribution in [-0.2, 0) is 9.53 Å². The fourth-order valence-corrected chi connectivity index (χ4v) is 1.06. The van der Waals surface area contributed by atoms with E-state index in [0.29, 0.717) is 0 Å². The molecule has 0 amide bonds. The second-order valence-corrected chi connectivity index (χ2v) is 3.57. The molecule has 0 bridgehead atoms. The third kappa shape index (κ3) is 3.93. The number of carbonyl (C=O) groups is 1. The minimum absolute atomic E-state index is 0.750. The van der Waals surface area contributed by atoms with Gasteiger partial charge in [-0.3, -0.25) is 4.79 Å². The summed E-state index contributed by atoms with van der Waals surface area (Å²) in [7, 11) is 0. The number of carboxylic acids is 1. The average molecular weight is 259 g/mol. The first-order valence-corrected chi connectivity index (χ1v) is 4.55. The van der Waals surface area contributed by atoms with E-state index < -0.39 is 36.5 Å². The summed E-state index contributed by atoms with van der Waals surface area (Å²) in [4.78, 5) is 20.7. The molecule has 2 atom stereocenters. The maximum absolute atomic E-state index is 12.4. The van der Waals surface area contributed by atoms with Crippen molar-refractivity contribution in [2.45, 2.75) is 44.4 Å². The summed E-state index contributed by atoms with van der Waals surface area (Å²) in [6.07, 6.45) is -7.15. The molecule has 0 saturated heterocycles. The largest absolute Gasteiger partial charge is 0.481 e. The van der Waals surface area contributed by atoms with E-state index in [9.17, 15) is 28.0 Å². The van der Waals surface area contributed by atoms with E-state index in [4.69, 9.17) is 5.11 Å². The van der Waals surface area contributed by atoms with Crippen LogP contribution in [-0.4, -0.2) is 33.9 Å². The molecule has 2 unspecified atom stereocenters. The molecule has 0 aliphatic rings. The second-order valence-electron chi connectivity index (χ2n) is 3.57. The van der Waals surface area contributed by atoms with Crippen LogP contribution in [0.5, 0.6) is 0 Å². The Bertz CT molecular complexity index is 308. The van der Waals surface area contributed by atoms with Gasteiger partial charge in [-0.25, -0.2) is 0 Å². The van der Waals surface area contributed by atoms with Crippen LogP contribution in [0.3, 0.4) is 0 Å². The zero-order valence-corrected chi connectivity index (χ0v) is 9.11. The summed E-state index contributed by atoms with van der Waals surface area (Å²) >= 11 is 0. The Labute approximate surface area is 94.3 Å². The number of hydrogen-bond donors (Lipinski definition) is 2. The summed E-state index contributed by atoms with van der Waals surface area (Å²) in [6, 6.07) is 0. The molecule has 0 spiro atoms. The van der Waals surface area contributed by atoms with E-state index in [2.05, 4.69) is 9.91 Å². The first-order valence-electron chi connectivity index (χ1n) is 4.55.